The van der Waals surface area contributed by atoms with Crippen LogP contribution in [-0.2, 0) is 11.8 Å². The molecular formula is C41H40F2N8O6S2. The minimum absolute atomic E-state index is 0.000988. The number of aliphatic carboxylic acids is 1. The number of carbonyl (C=O) groups excluding carboxylic acids is 3. The first-order chi connectivity index (χ1) is 28.4. The molecule has 0 saturated heterocycles. The van der Waals surface area contributed by atoms with E-state index in [1.165, 1.54) is 73.4 Å². The number of nitrogens with zero attached hydrogens (tertiary/aromatic N) is 7. The summed E-state index contributed by atoms with van der Waals surface area (Å²) < 4.78 is 29.7. The molecule has 59 heavy (non-hydrogen) atoms. The van der Waals surface area contributed by atoms with Crippen molar-refractivity contribution in [1.29, 1.82) is 0 Å². The maximum atomic E-state index is 14.2. The Labute approximate surface area is 345 Å². The lowest BCUT2D eigenvalue weighted by molar-refractivity contribution is -0.135. The fourth-order valence-corrected chi connectivity index (χ4v) is 7.09. The van der Waals surface area contributed by atoms with E-state index in [0.29, 0.717) is 50.1 Å². The Bertz CT molecular complexity index is 2470. The van der Waals surface area contributed by atoms with E-state index in [4.69, 9.17) is 5.11 Å². The minimum Gasteiger partial charge on any atom is -0.480 e. The van der Waals surface area contributed by atoms with Gasteiger partial charge in [0.15, 0.2) is 0 Å². The summed E-state index contributed by atoms with van der Waals surface area (Å²) in [6.45, 7) is 4.32. The molecule has 3 aromatic carbocycles. The number of aryl methyl sites for hydroxylation is 1. The average Bonchev–Trinajstić information content (AvgIpc) is 3.93. The van der Waals surface area contributed by atoms with Gasteiger partial charge in [0.05, 0.1) is 11.1 Å². The van der Waals surface area contributed by atoms with Crippen LogP contribution in [0.5, 0.6) is 0 Å². The molecule has 3 amide bonds. The number of anilines is 2. The number of benzene rings is 3. The molecule has 6 rings (SSSR count). The highest BCUT2D eigenvalue weighted by molar-refractivity contribution is 7.19. The third-order valence-electron chi connectivity index (χ3n) is 8.61. The van der Waals surface area contributed by atoms with Gasteiger partial charge in [0.1, 0.15) is 28.2 Å². The highest BCUT2D eigenvalue weighted by atomic mass is 32.1. The van der Waals surface area contributed by atoms with Gasteiger partial charge >= 0.3 is 5.97 Å². The number of rotatable bonds is 15. The van der Waals surface area contributed by atoms with Crippen LogP contribution in [-0.4, -0.2) is 73.4 Å². The van der Waals surface area contributed by atoms with Gasteiger partial charge in [-0.15, -0.1) is 20.4 Å². The molecule has 0 fully saturated rings. The van der Waals surface area contributed by atoms with Gasteiger partial charge < -0.3 is 15.0 Å². The fraction of sp³-hybridized carbons (Fsp3) is 0.244. The number of amides is 3. The van der Waals surface area contributed by atoms with Gasteiger partial charge in [-0.25, -0.2) is 8.78 Å². The molecule has 0 radical (unpaired) electrons. The van der Waals surface area contributed by atoms with E-state index in [1.54, 1.807) is 61.8 Å². The van der Waals surface area contributed by atoms with E-state index < -0.39 is 41.9 Å². The second-order valence-electron chi connectivity index (χ2n) is 12.9. The van der Waals surface area contributed by atoms with E-state index in [-0.39, 0.29) is 16.7 Å². The lowest BCUT2D eigenvalue weighted by Gasteiger charge is -2.19. The van der Waals surface area contributed by atoms with Crippen molar-refractivity contribution >= 4 is 56.6 Å². The number of hydrogen-bond acceptors (Lipinski definition) is 11. The van der Waals surface area contributed by atoms with Crippen molar-refractivity contribution in [2.45, 2.75) is 39.5 Å². The van der Waals surface area contributed by atoms with Gasteiger partial charge in [-0.1, -0.05) is 85.8 Å². The first kappa shape index (κ1) is 43.6. The molecule has 306 valence electrons. The van der Waals surface area contributed by atoms with E-state index in [1.807, 2.05) is 13.8 Å². The van der Waals surface area contributed by atoms with Gasteiger partial charge in [-0.3, -0.25) is 33.8 Å². The molecule has 0 unspecified atom stereocenters. The lowest BCUT2D eigenvalue weighted by atomic mass is 10.1. The monoisotopic (exact) mass is 842 g/mol. The molecule has 2 N–H and O–H groups in total. The summed E-state index contributed by atoms with van der Waals surface area (Å²) in [4.78, 5) is 63.1. The predicted molar refractivity (Wildman–Crippen MR) is 222 cm³/mol. The van der Waals surface area contributed by atoms with Gasteiger partial charge in [0.25, 0.3) is 23.3 Å². The van der Waals surface area contributed by atoms with Crippen LogP contribution in [0.4, 0.5) is 19.0 Å². The molecule has 0 saturated carbocycles. The molecule has 6 aromatic rings. The fourth-order valence-electron chi connectivity index (χ4n) is 5.35. The second-order valence-corrected chi connectivity index (χ2v) is 14.8. The average molecular weight is 843 g/mol. The normalized spacial score (nSPS) is 10.7. The summed E-state index contributed by atoms with van der Waals surface area (Å²) in [7, 11) is 1.66. The van der Waals surface area contributed by atoms with Crippen molar-refractivity contribution in [2.24, 2.45) is 7.05 Å². The van der Waals surface area contributed by atoms with Crippen LogP contribution < -0.4 is 20.7 Å². The van der Waals surface area contributed by atoms with Crippen LogP contribution in [0.25, 0.3) is 21.1 Å². The third-order valence-corrected chi connectivity index (χ3v) is 10.6. The van der Waals surface area contributed by atoms with Crippen molar-refractivity contribution in [3.63, 3.8) is 0 Å². The predicted octanol–water partition coefficient (Wildman–Crippen LogP) is 7.10. The smallest absolute Gasteiger partial charge is 0.322 e. The number of aromatic nitrogens is 5. The Morgan fingerprint density at radius 3 is 1.66 bits per heavy atom. The zero-order chi connectivity index (χ0) is 42.5. The van der Waals surface area contributed by atoms with Crippen LogP contribution in [0.1, 0.15) is 70.6 Å². The number of carboxylic acids is 1. The Balaban J connectivity index is 0.000000227. The van der Waals surface area contributed by atoms with Crippen molar-refractivity contribution in [3.8, 4) is 21.1 Å². The number of halogens is 2. The first-order valence-electron chi connectivity index (χ1n) is 18.5. The van der Waals surface area contributed by atoms with Crippen molar-refractivity contribution < 1.29 is 33.1 Å². The zero-order valence-electron chi connectivity index (χ0n) is 32.3. The van der Waals surface area contributed by atoms with Crippen LogP contribution in [0.2, 0.25) is 0 Å². The summed E-state index contributed by atoms with van der Waals surface area (Å²) in [6.07, 6.45) is 4.84. The molecule has 14 nitrogen and oxygen atoms in total. The Hall–Kier alpha value is -6.53. The number of carbonyl (C=O) groups is 4. The number of pyridine rings is 1. The van der Waals surface area contributed by atoms with E-state index >= 15 is 0 Å². The topological polar surface area (TPSA) is 181 Å². The quantitative estimate of drug-likeness (QED) is 0.108. The second kappa shape index (κ2) is 20.8. The van der Waals surface area contributed by atoms with Crippen LogP contribution in [0, 0.1) is 11.6 Å². The van der Waals surface area contributed by atoms with Crippen LogP contribution in [0.15, 0.2) is 95.9 Å². The Kier molecular flexibility index (Phi) is 15.3. The standard InChI is InChI=1S/C22H21FN4O4S.C19H19FN4O2S/c1-2-3-12-27(21(31)16-6-4-5-7-17(16)23)22-26-25-20(32-22)15-10-8-14(9-11-15)19(30)24-13-18(28)29;1-3-4-10-24(18(26)14-7-5-6-8-15(14)20)19-22-21-17(27-19)13-9-11-23(2)16(25)12-13/h4-11H,2-3,12-13H2,1H3,(H,24,30)(H,28,29);5-9,11-12H,3-4,10H2,1-2H3. The number of nitrogens with one attached hydrogen (secondary N) is 1. The van der Waals surface area contributed by atoms with Crippen LogP contribution in [0.3, 0.4) is 0 Å². The van der Waals surface area contributed by atoms with E-state index in [9.17, 15) is 32.8 Å². The largest absolute Gasteiger partial charge is 0.480 e. The minimum atomic E-state index is -1.13. The molecule has 0 atom stereocenters. The molecule has 18 heteroatoms. The molecule has 0 aliphatic carbocycles. The molecule has 0 spiro atoms. The van der Waals surface area contributed by atoms with Crippen molar-refractivity contribution in [1.82, 2.24) is 30.3 Å². The molecular weight excluding hydrogens is 803 g/mol. The van der Waals surface area contributed by atoms with Crippen molar-refractivity contribution in [2.75, 3.05) is 29.4 Å². The molecule has 0 bridgehead atoms. The first-order valence-corrected chi connectivity index (χ1v) is 20.1. The highest BCUT2D eigenvalue weighted by Gasteiger charge is 2.25. The SMILES string of the molecule is CCCCN(C(=O)c1ccccc1F)c1nnc(-c2ccc(C(=O)NCC(=O)O)cc2)s1.CCCCN(C(=O)c1ccccc1F)c1nnc(-c2ccn(C)c(=O)c2)s1. The molecule has 0 aliphatic heterocycles. The maximum Gasteiger partial charge on any atom is 0.322 e. The number of hydrogen-bond donors (Lipinski definition) is 2. The van der Waals surface area contributed by atoms with Gasteiger partial charge in [0, 0.05) is 49.1 Å². The van der Waals surface area contributed by atoms with Gasteiger partial charge in [0.2, 0.25) is 10.3 Å². The lowest BCUT2D eigenvalue weighted by Crippen LogP contribution is -2.32. The molecule has 0 aliphatic rings. The van der Waals surface area contributed by atoms with Gasteiger partial charge in [-0.05, 0) is 55.3 Å². The van der Waals surface area contributed by atoms with Crippen LogP contribution >= 0.6 is 22.7 Å². The summed E-state index contributed by atoms with van der Waals surface area (Å²) in [5, 5.41) is 29.3. The molecule has 3 aromatic heterocycles. The van der Waals surface area contributed by atoms with Gasteiger partial charge in [-0.2, -0.15) is 0 Å². The van der Waals surface area contributed by atoms with Crippen molar-refractivity contribution in [3.05, 3.63) is 130 Å². The maximum absolute atomic E-state index is 14.2. The summed E-state index contributed by atoms with van der Waals surface area (Å²) in [6, 6.07) is 21.4. The number of carboxylic acid groups (broad SMARTS) is 1. The summed E-state index contributed by atoms with van der Waals surface area (Å²) in [5.74, 6) is -3.73. The summed E-state index contributed by atoms with van der Waals surface area (Å²) >= 11 is 2.38. The zero-order valence-corrected chi connectivity index (χ0v) is 33.9. The molecule has 3 heterocycles. The summed E-state index contributed by atoms with van der Waals surface area (Å²) in [5.41, 5.74) is 1.43. The Morgan fingerprint density at radius 1 is 0.712 bits per heavy atom. The van der Waals surface area contributed by atoms with E-state index in [2.05, 4.69) is 25.7 Å². The number of unbranched alkanes of at least 4 members (excludes halogenated alkanes) is 2. The van der Waals surface area contributed by atoms with E-state index in [0.717, 1.165) is 25.7 Å². The highest BCUT2D eigenvalue weighted by Crippen LogP contribution is 2.31. The Morgan fingerprint density at radius 2 is 1.20 bits per heavy atom. The third kappa shape index (κ3) is 11.3.